The molecule has 0 N–H and O–H groups in total. The molecule has 8 heteroatoms. The van der Waals surface area contributed by atoms with Crippen molar-refractivity contribution >= 4 is 29.2 Å². The molecule has 0 atom stereocenters. The predicted octanol–water partition coefficient (Wildman–Crippen LogP) is 5.80. The van der Waals surface area contributed by atoms with E-state index in [1.165, 1.54) is 6.08 Å². The van der Waals surface area contributed by atoms with Crippen molar-refractivity contribution in [3.8, 4) is 23.6 Å². The maximum absolute atomic E-state index is 13.0. The number of hydrogen-bond acceptors (Lipinski definition) is 8. The molecule has 0 unspecified atom stereocenters. The second kappa shape index (κ2) is 13.1. The molecular weight excluding hydrogens is 488 g/mol. The largest absolute Gasteiger partial charge is 0.490 e. The van der Waals surface area contributed by atoms with Gasteiger partial charge in [0.1, 0.15) is 23.6 Å². The summed E-state index contributed by atoms with van der Waals surface area (Å²) in [6.45, 7) is 6.18. The van der Waals surface area contributed by atoms with Crippen molar-refractivity contribution in [1.82, 2.24) is 0 Å². The van der Waals surface area contributed by atoms with Gasteiger partial charge in [-0.2, -0.15) is 10.5 Å². The van der Waals surface area contributed by atoms with Crippen LogP contribution in [0.3, 0.4) is 0 Å². The van der Waals surface area contributed by atoms with Crippen LogP contribution in [0.4, 0.5) is 0 Å². The lowest BCUT2D eigenvalue weighted by Crippen LogP contribution is -2.05. The van der Waals surface area contributed by atoms with Crippen LogP contribution in [-0.2, 0) is 22.6 Å². The summed E-state index contributed by atoms with van der Waals surface area (Å²) in [6.07, 6.45) is 1.30. The Morgan fingerprint density at radius 2 is 1.76 bits per heavy atom. The van der Waals surface area contributed by atoms with Gasteiger partial charge in [-0.1, -0.05) is 36.4 Å². The number of allylic oxidation sites excluding steroid dienone is 1. The molecular formula is C29H26N2O5S. The number of Topliss-reactive ketones (excluding diaryl/α,β-unsaturated/α-hetero) is 1. The van der Waals surface area contributed by atoms with E-state index in [4.69, 9.17) is 14.2 Å². The van der Waals surface area contributed by atoms with Crippen LogP contribution in [0, 0.1) is 29.6 Å². The van der Waals surface area contributed by atoms with E-state index in [0.29, 0.717) is 40.7 Å². The number of hydrogen-bond donors (Lipinski definition) is 0. The van der Waals surface area contributed by atoms with Crippen molar-refractivity contribution in [3.05, 3.63) is 86.1 Å². The minimum absolute atomic E-state index is 0.0759. The van der Waals surface area contributed by atoms with Crippen LogP contribution in [0.25, 0.3) is 6.08 Å². The quantitative estimate of drug-likeness (QED) is 0.181. The lowest BCUT2D eigenvalue weighted by Gasteiger charge is -2.13. The normalized spacial score (nSPS) is 10.8. The summed E-state index contributed by atoms with van der Waals surface area (Å²) in [5.41, 5.74) is 2.27. The van der Waals surface area contributed by atoms with E-state index in [0.717, 1.165) is 16.9 Å². The summed E-state index contributed by atoms with van der Waals surface area (Å²) in [4.78, 5) is 25.9. The minimum Gasteiger partial charge on any atom is -0.490 e. The molecule has 0 aliphatic heterocycles. The number of carbonyl (C=O) groups is 2. The number of nitriles is 2. The first-order chi connectivity index (χ1) is 17.9. The van der Waals surface area contributed by atoms with Gasteiger partial charge < -0.3 is 14.2 Å². The van der Waals surface area contributed by atoms with Gasteiger partial charge in [-0.15, -0.1) is 11.3 Å². The second-order valence-corrected chi connectivity index (χ2v) is 8.98. The Bertz CT molecular complexity index is 1390. The number of benzene rings is 2. The van der Waals surface area contributed by atoms with Crippen LogP contribution in [0.2, 0.25) is 0 Å². The van der Waals surface area contributed by atoms with Crippen molar-refractivity contribution < 1.29 is 23.8 Å². The number of ether oxygens (including phenoxy) is 3. The van der Waals surface area contributed by atoms with Crippen LogP contribution in [0.5, 0.6) is 11.5 Å². The Hall–Kier alpha value is -4.40. The fourth-order valence-electron chi connectivity index (χ4n) is 3.56. The molecule has 0 spiro atoms. The highest BCUT2D eigenvalue weighted by Crippen LogP contribution is 2.32. The van der Waals surface area contributed by atoms with Gasteiger partial charge in [-0.25, -0.2) is 4.79 Å². The first-order valence-electron chi connectivity index (χ1n) is 11.7. The van der Waals surface area contributed by atoms with Crippen molar-refractivity contribution in [2.24, 2.45) is 0 Å². The average molecular weight is 515 g/mol. The maximum atomic E-state index is 13.0. The van der Waals surface area contributed by atoms with Gasteiger partial charge in [0.15, 0.2) is 17.3 Å². The average Bonchev–Trinajstić information content (AvgIpc) is 3.22. The number of rotatable bonds is 11. The van der Waals surface area contributed by atoms with E-state index in [2.05, 4.69) is 6.07 Å². The molecule has 0 amide bonds. The fraction of sp³-hybridized carbons (Fsp3) is 0.241. The first-order valence-corrected chi connectivity index (χ1v) is 12.5. The highest BCUT2D eigenvalue weighted by Gasteiger charge is 2.23. The van der Waals surface area contributed by atoms with Crippen molar-refractivity contribution in [1.29, 1.82) is 10.5 Å². The molecule has 188 valence electrons. The molecule has 0 aliphatic carbocycles. The zero-order valence-electron chi connectivity index (χ0n) is 20.9. The molecule has 0 saturated carbocycles. The molecule has 3 rings (SSSR count). The number of nitrogens with zero attached hydrogens (tertiary/aromatic N) is 2. The van der Waals surface area contributed by atoms with Gasteiger partial charge >= 0.3 is 5.97 Å². The number of esters is 1. The molecule has 2 aromatic carbocycles. The SMILES string of the molecule is CCOC(=O)c1sc(CC(=O)/C(C#N)=C/c2ccc(OCc3ccccc3)c(OCC)c2)c(C#N)c1C. The highest BCUT2D eigenvalue weighted by molar-refractivity contribution is 7.14. The van der Waals surface area contributed by atoms with Gasteiger partial charge in [-0.05, 0) is 55.7 Å². The van der Waals surface area contributed by atoms with Crippen LogP contribution in [0.15, 0.2) is 54.1 Å². The smallest absolute Gasteiger partial charge is 0.348 e. The topological polar surface area (TPSA) is 109 Å². The summed E-state index contributed by atoms with van der Waals surface area (Å²) >= 11 is 1.04. The molecule has 3 aromatic rings. The number of carbonyl (C=O) groups excluding carboxylic acids is 2. The van der Waals surface area contributed by atoms with E-state index in [-0.39, 0.29) is 29.0 Å². The fourth-order valence-corrected chi connectivity index (χ4v) is 4.70. The zero-order valence-corrected chi connectivity index (χ0v) is 21.7. The van der Waals surface area contributed by atoms with Gasteiger partial charge in [0.25, 0.3) is 0 Å². The maximum Gasteiger partial charge on any atom is 0.348 e. The summed E-state index contributed by atoms with van der Waals surface area (Å²) in [5, 5.41) is 19.3. The monoisotopic (exact) mass is 514 g/mol. The van der Waals surface area contributed by atoms with E-state index in [1.54, 1.807) is 32.0 Å². The zero-order chi connectivity index (χ0) is 26.8. The van der Waals surface area contributed by atoms with E-state index in [9.17, 15) is 20.1 Å². The molecule has 37 heavy (non-hydrogen) atoms. The summed E-state index contributed by atoms with van der Waals surface area (Å²) in [7, 11) is 0. The van der Waals surface area contributed by atoms with Crippen LogP contribution < -0.4 is 9.47 Å². The summed E-state index contributed by atoms with van der Waals surface area (Å²) in [6, 6.07) is 18.9. The molecule has 0 radical (unpaired) electrons. The van der Waals surface area contributed by atoms with Gasteiger partial charge in [0.05, 0.1) is 24.4 Å². The van der Waals surface area contributed by atoms with Gasteiger partial charge in [-0.3, -0.25) is 4.79 Å². The lowest BCUT2D eigenvalue weighted by molar-refractivity contribution is -0.114. The second-order valence-electron chi connectivity index (χ2n) is 7.87. The molecule has 0 bridgehead atoms. The Balaban J connectivity index is 1.83. The van der Waals surface area contributed by atoms with Crippen molar-refractivity contribution in [3.63, 3.8) is 0 Å². The van der Waals surface area contributed by atoms with Crippen LogP contribution in [0.1, 0.15) is 50.7 Å². The minimum atomic E-state index is -0.533. The van der Waals surface area contributed by atoms with Crippen molar-refractivity contribution in [2.45, 2.75) is 33.8 Å². The third-order valence-corrected chi connectivity index (χ3v) is 6.62. The third-order valence-electron chi connectivity index (χ3n) is 5.35. The molecule has 7 nitrogen and oxygen atoms in total. The van der Waals surface area contributed by atoms with Gasteiger partial charge in [0.2, 0.25) is 0 Å². The van der Waals surface area contributed by atoms with Crippen LogP contribution in [-0.4, -0.2) is 25.0 Å². The summed E-state index contributed by atoms with van der Waals surface area (Å²) in [5.74, 6) is 0.0517. The Labute approximate surface area is 220 Å². The number of ketones is 1. The Kier molecular flexibility index (Phi) is 9.60. The van der Waals surface area contributed by atoms with Gasteiger partial charge in [0, 0.05) is 11.3 Å². The lowest BCUT2D eigenvalue weighted by atomic mass is 10.0. The predicted molar refractivity (Wildman–Crippen MR) is 140 cm³/mol. The molecule has 1 heterocycles. The molecule has 1 aromatic heterocycles. The summed E-state index contributed by atoms with van der Waals surface area (Å²) < 4.78 is 16.7. The third kappa shape index (κ3) is 6.84. The molecule has 0 fully saturated rings. The van der Waals surface area contributed by atoms with E-state index in [1.807, 2.05) is 43.3 Å². The molecule has 0 aliphatic rings. The number of thiophene rings is 1. The van der Waals surface area contributed by atoms with E-state index < -0.39 is 11.8 Å². The Morgan fingerprint density at radius 3 is 2.41 bits per heavy atom. The highest BCUT2D eigenvalue weighted by atomic mass is 32.1. The standard InChI is InChI=1S/C29H26N2O5S/c1-4-34-26-14-21(11-12-25(26)36-18-20-9-7-6-8-10-20)13-22(16-30)24(32)15-27-23(17-31)19(3)28(37-27)29(33)35-5-2/h6-14H,4-5,15,18H2,1-3H3/b22-13+. The first kappa shape index (κ1) is 27.2. The van der Waals surface area contributed by atoms with Crippen LogP contribution >= 0.6 is 11.3 Å². The van der Waals surface area contributed by atoms with E-state index >= 15 is 0 Å². The molecule has 0 saturated heterocycles. The van der Waals surface area contributed by atoms with Crippen molar-refractivity contribution in [2.75, 3.05) is 13.2 Å². The Morgan fingerprint density at radius 1 is 1.00 bits per heavy atom.